The number of hydrogen-bond donors (Lipinski definition) is 1. The van der Waals surface area contributed by atoms with Crippen LogP contribution in [0.1, 0.15) is 30.6 Å². The van der Waals surface area contributed by atoms with Crippen molar-refractivity contribution in [3.8, 4) is 5.75 Å². The second kappa shape index (κ2) is 7.01. The Bertz CT molecular complexity index is 432. The summed E-state index contributed by atoms with van der Waals surface area (Å²) in [5.41, 5.74) is 0.381. The quantitative estimate of drug-likeness (QED) is 0.807. The number of ether oxygens (including phenoxy) is 1. The Morgan fingerprint density at radius 1 is 1.50 bits per heavy atom. The Hall–Kier alpha value is -1.55. The maximum absolute atomic E-state index is 11.4. The standard InChI is InChI=1S/C13H16ClNO3/c1-9(2)15-12(17)6-7-18-13-10(8-16)4-3-5-11(13)14/h3-5,8-9H,6-7H2,1-2H3,(H,15,17). The smallest absolute Gasteiger partial charge is 0.223 e. The molecule has 1 rings (SSSR count). The highest BCUT2D eigenvalue weighted by molar-refractivity contribution is 6.32. The summed E-state index contributed by atoms with van der Waals surface area (Å²) in [7, 11) is 0. The van der Waals surface area contributed by atoms with Gasteiger partial charge in [0.25, 0.3) is 0 Å². The monoisotopic (exact) mass is 269 g/mol. The van der Waals surface area contributed by atoms with Crippen LogP contribution in [0.15, 0.2) is 18.2 Å². The number of halogens is 1. The van der Waals surface area contributed by atoms with Gasteiger partial charge in [-0.05, 0) is 26.0 Å². The van der Waals surface area contributed by atoms with E-state index in [4.69, 9.17) is 16.3 Å². The maximum atomic E-state index is 11.4. The third-order valence-corrected chi connectivity index (χ3v) is 2.45. The molecule has 1 N–H and O–H groups in total. The zero-order valence-electron chi connectivity index (χ0n) is 10.4. The van der Waals surface area contributed by atoms with Crippen LogP contribution < -0.4 is 10.1 Å². The normalized spacial score (nSPS) is 10.2. The number of aldehydes is 1. The number of amides is 1. The Balaban J connectivity index is 2.54. The fourth-order valence-electron chi connectivity index (χ4n) is 1.41. The molecule has 18 heavy (non-hydrogen) atoms. The minimum Gasteiger partial charge on any atom is -0.491 e. The second-order valence-corrected chi connectivity index (χ2v) is 4.50. The van der Waals surface area contributed by atoms with Gasteiger partial charge < -0.3 is 10.1 Å². The number of benzene rings is 1. The molecule has 0 spiro atoms. The highest BCUT2D eigenvalue weighted by Crippen LogP contribution is 2.27. The fraction of sp³-hybridized carbons (Fsp3) is 0.385. The molecule has 0 aromatic heterocycles. The largest absolute Gasteiger partial charge is 0.491 e. The van der Waals surface area contributed by atoms with Gasteiger partial charge in [0, 0.05) is 6.04 Å². The van der Waals surface area contributed by atoms with E-state index in [0.29, 0.717) is 22.6 Å². The summed E-state index contributed by atoms with van der Waals surface area (Å²) < 4.78 is 5.39. The van der Waals surface area contributed by atoms with E-state index < -0.39 is 0 Å². The van der Waals surface area contributed by atoms with Gasteiger partial charge in [0.2, 0.25) is 5.91 Å². The van der Waals surface area contributed by atoms with Crippen LogP contribution in [0.2, 0.25) is 5.02 Å². The molecule has 0 aliphatic heterocycles. The van der Waals surface area contributed by atoms with Crippen molar-refractivity contribution in [2.24, 2.45) is 0 Å². The third-order valence-electron chi connectivity index (χ3n) is 2.15. The lowest BCUT2D eigenvalue weighted by atomic mass is 10.2. The van der Waals surface area contributed by atoms with Crippen molar-refractivity contribution in [2.45, 2.75) is 26.3 Å². The number of carbonyl (C=O) groups excluding carboxylic acids is 2. The predicted molar refractivity (Wildman–Crippen MR) is 70.2 cm³/mol. The fourth-order valence-corrected chi connectivity index (χ4v) is 1.65. The molecule has 1 amide bonds. The van der Waals surface area contributed by atoms with Crippen molar-refractivity contribution in [3.05, 3.63) is 28.8 Å². The lowest BCUT2D eigenvalue weighted by Crippen LogP contribution is -2.31. The summed E-state index contributed by atoms with van der Waals surface area (Å²) in [5.74, 6) is 0.233. The molecule has 98 valence electrons. The summed E-state index contributed by atoms with van der Waals surface area (Å²) >= 11 is 5.92. The molecule has 0 saturated carbocycles. The zero-order valence-corrected chi connectivity index (χ0v) is 11.2. The first-order valence-electron chi connectivity index (χ1n) is 5.70. The lowest BCUT2D eigenvalue weighted by Gasteiger charge is -2.11. The first kappa shape index (κ1) is 14.5. The van der Waals surface area contributed by atoms with Gasteiger partial charge in [-0.25, -0.2) is 0 Å². The predicted octanol–water partition coefficient (Wildman–Crippen LogP) is 2.45. The van der Waals surface area contributed by atoms with Crippen LogP contribution in [0.5, 0.6) is 5.75 Å². The van der Waals surface area contributed by atoms with Gasteiger partial charge in [0.1, 0.15) is 5.75 Å². The Morgan fingerprint density at radius 2 is 2.22 bits per heavy atom. The molecule has 0 aliphatic rings. The van der Waals surface area contributed by atoms with E-state index in [-0.39, 0.29) is 25.0 Å². The maximum Gasteiger partial charge on any atom is 0.223 e. The first-order chi connectivity index (χ1) is 8.54. The van der Waals surface area contributed by atoms with Crippen LogP contribution in [0.4, 0.5) is 0 Å². The molecule has 4 nitrogen and oxygen atoms in total. The van der Waals surface area contributed by atoms with E-state index in [1.165, 1.54) is 0 Å². The molecule has 1 aromatic rings. The van der Waals surface area contributed by atoms with Crippen molar-refractivity contribution in [1.29, 1.82) is 0 Å². The lowest BCUT2D eigenvalue weighted by molar-refractivity contribution is -0.122. The number of rotatable bonds is 6. The van der Waals surface area contributed by atoms with Gasteiger partial charge in [-0.1, -0.05) is 17.7 Å². The van der Waals surface area contributed by atoms with E-state index in [2.05, 4.69) is 5.32 Å². The average Bonchev–Trinajstić information content (AvgIpc) is 2.30. The summed E-state index contributed by atoms with van der Waals surface area (Å²) in [6.45, 7) is 3.96. The van der Waals surface area contributed by atoms with E-state index in [1.54, 1.807) is 18.2 Å². The molecule has 0 radical (unpaired) electrons. The van der Waals surface area contributed by atoms with Crippen LogP contribution in [-0.4, -0.2) is 24.8 Å². The number of para-hydroxylation sites is 1. The molecule has 0 aliphatic carbocycles. The van der Waals surface area contributed by atoms with Crippen LogP contribution >= 0.6 is 11.6 Å². The molecular formula is C13H16ClNO3. The number of carbonyl (C=O) groups is 2. The van der Waals surface area contributed by atoms with Gasteiger partial charge >= 0.3 is 0 Å². The van der Waals surface area contributed by atoms with Crippen LogP contribution in [0, 0.1) is 0 Å². The zero-order chi connectivity index (χ0) is 13.5. The topological polar surface area (TPSA) is 55.4 Å². The molecular weight excluding hydrogens is 254 g/mol. The highest BCUT2D eigenvalue weighted by Gasteiger charge is 2.09. The van der Waals surface area contributed by atoms with Crippen molar-refractivity contribution in [2.75, 3.05) is 6.61 Å². The van der Waals surface area contributed by atoms with Gasteiger partial charge in [-0.15, -0.1) is 0 Å². The number of nitrogens with one attached hydrogen (secondary N) is 1. The van der Waals surface area contributed by atoms with E-state index >= 15 is 0 Å². The number of hydrogen-bond acceptors (Lipinski definition) is 3. The SMILES string of the molecule is CC(C)NC(=O)CCOc1c(Cl)cccc1C=O. The average molecular weight is 270 g/mol. The van der Waals surface area contributed by atoms with Gasteiger partial charge in [-0.3, -0.25) is 9.59 Å². The summed E-state index contributed by atoms with van der Waals surface area (Å²) in [5, 5.41) is 3.12. The van der Waals surface area contributed by atoms with Crippen molar-refractivity contribution < 1.29 is 14.3 Å². The molecule has 0 atom stereocenters. The molecule has 1 aromatic carbocycles. The van der Waals surface area contributed by atoms with Crippen molar-refractivity contribution in [1.82, 2.24) is 5.32 Å². The Kier molecular flexibility index (Phi) is 5.65. The molecule has 0 bridgehead atoms. The highest BCUT2D eigenvalue weighted by atomic mass is 35.5. The molecule has 0 unspecified atom stereocenters. The minimum absolute atomic E-state index is 0.0929. The van der Waals surface area contributed by atoms with Crippen LogP contribution in [0.3, 0.4) is 0 Å². The van der Waals surface area contributed by atoms with Crippen molar-refractivity contribution >= 4 is 23.8 Å². The molecule has 5 heteroatoms. The van der Waals surface area contributed by atoms with Crippen molar-refractivity contribution in [3.63, 3.8) is 0 Å². The molecule has 0 saturated heterocycles. The van der Waals surface area contributed by atoms with Gasteiger partial charge in [0.15, 0.2) is 6.29 Å². The Labute approximate surface area is 111 Å². The van der Waals surface area contributed by atoms with Gasteiger partial charge in [0.05, 0.1) is 23.6 Å². The van der Waals surface area contributed by atoms with E-state index in [0.717, 1.165) is 0 Å². The summed E-state index contributed by atoms with van der Waals surface area (Å²) in [6, 6.07) is 5.02. The molecule has 0 heterocycles. The van der Waals surface area contributed by atoms with E-state index in [9.17, 15) is 9.59 Å². The first-order valence-corrected chi connectivity index (χ1v) is 6.08. The van der Waals surface area contributed by atoms with Crippen LogP contribution in [0.25, 0.3) is 0 Å². The van der Waals surface area contributed by atoms with Crippen LogP contribution in [-0.2, 0) is 4.79 Å². The Morgan fingerprint density at radius 3 is 2.83 bits per heavy atom. The third kappa shape index (κ3) is 4.37. The summed E-state index contributed by atoms with van der Waals surface area (Å²) in [6.07, 6.45) is 0.900. The van der Waals surface area contributed by atoms with E-state index in [1.807, 2.05) is 13.8 Å². The van der Waals surface area contributed by atoms with Gasteiger partial charge in [-0.2, -0.15) is 0 Å². The second-order valence-electron chi connectivity index (χ2n) is 4.10. The summed E-state index contributed by atoms with van der Waals surface area (Å²) in [4.78, 5) is 22.2. The molecule has 0 fully saturated rings. The minimum atomic E-state index is -0.0929.